The average molecular weight is 296 g/mol. The Morgan fingerprint density at radius 1 is 1.00 bits per heavy atom. The van der Waals surface area contributed by atoms with Crippen molar-refractivity contribution in [1.82, 2.24) is 14.7 Å². The summed E-state index contributed by atoms with van der Waals surface area (Å²) in [6, 6.07) is 0.0370. The SMILES string of the molecule is CC(CN)CN1CCCN(C(C)C(=O)N2CCCC2)CC1. The van der Waals surface area contributed by atoms with Crippen LogP contribution in [0.5, 0.6) is 0 Å². The van der Waals surface area contributed by atoms with Crippen molar-refractivity contribution < 1.29 is 4.79 Å². The summed E-state index contributed by atoms with van der Waals surface area (Å²) in [4.78, 5) is 19.4. The van der Waals surface area contributed by atoms with E-state index < -0.39 is 0 Å². The van der Waals surface area contributed by atoms with Crippen LogP contribution in [0.3, 0.4) is 0 Å². The van der Waals surface area contributed by atoms with Crippen LogP contribution in [0.25, 0.3) is 0 Å². The summed E-state index contributed by atoms with van der Waals surface area (Å²) < 4.78 is 0. The van der Waals surface area contributed by atoms with Gasteiger partial charge < -0.3 is 15.5 Å². The summed E-state index contributed by atoms with van der Waals surface area (Å²) in [5, 5.41) is 0. The Morgan fingerprint density at radius 2 is 1.71 bits per heavy atom. The smallest absolute Gasteiger partial charge is 0.239 e. The highest BCUT2D eigenvalue weighted by Gasteiger charge is 2.28. The molecule has 2 aliphatic heterocycles. The van der Waals surface area contributed by atoms with Crippen LogP contribution in [0, 0.1) is 5.92 Å². The maximum atomic E-state index is 12.5. The lowest BCUT2D eigenvalue weighted by Gasteiger charge is -2.30. The zero-order chi connectivity index (χ0) is 15.2. The predicted molar refractivity (Wildman–Crippen MR) is 86.1 cm³/mol. The zero-order valence-corrected chi connectivity index (χ0v) is 13.8. The molecule has 2 N–H and O–H groups in total. The molecule has 122 valence electrons. The van der Waals surface area contributed by atoms with Crippen LogP contribution in [0.2, 0.25) is 0 Å². The normalized spacial score (nSPS) is 24.8. The van der Waals surface area contributed by atoms with E-state index in [2.05, 4.69) is 23.6 Å². The van der Waals surface area contributed by atoms with Gasteiger partial charge in [0.1, 0.15) is 0 Å². The van der Waals surface area contributed by atoms with E-state index in [1.54, 1.807) is 0 Å². The summed E-state index contributed by atoms with van der Waals surface area (Å²) in [7, 11) is 0. The molecule has 0 saturated carbocycles. The second-order valence-electron chi connectivity index (χ2n) is 6.74. The molecule has 5 heteroatoms. The van der Waals surface area contributed by atoms with Crippen molar-refractivity contribution in [3.8, 4) is 0 Å². The van der Waals surface area contributed by atoms with Crippen LogP contribution in [-0.2, 0) is 4.79 Å². The van der Waals surface area contributed by atoms with Gasteiger partial charge in [-0.3, -0.25) is 9.69 Å². The number of rotatable bonds is 5. The van der Waals surface area contributed by atoms with E-state index in [1.807, 2.05) is 4.90 Å². The van der Waals surface area contributed by atoms with E-state index in [1.165, 1.54) is 12.8 Å². The number of hydrogen-bond donors (Lipinski definition) is 1. The van der Waals surface area contributed by atoms with E-state index in [9.17, 15) is 4.79 Å². The standard InChI is InChI=1S/C16H32N4O/c1-14(12-17)13-18-6-5-9-19(11-10-18)15(2)16(21)20-7-3-4-8-20/h14-15H,3-13,17H2,1-2H3. The maximum absolute atomic E-state index is 12.5. The van der Waals surface area contributed by atoms with E-state index in [0.29, 0.717) is 11.8 Å². The lowest BCUT2D eigenvalue weighted by atomic mass is 10.1. The number of amides is 1. The summed E-state index contributed by atoms with van der Waals surface area (Å²) in [5.74, 6) is 0.886. The number of hydrogen-bond acceptors (Lipinski definition) is 4. The number of nitrogens with zero attached hydrogens (tertiary/aromatic N) is 3. The van der Waals surface area contributed by atoms with E-state index in [4.69, 9.17) is 5.73 Å². The molecule has 0 bridgehead atoms. The highest BCUT2D eigenvalue weighted by atomic mass is 16.2. The molecule has 2 heterocycles. The van der Waals surface area contributed by atoms with Gasteiger partial charge in [0.05, 0.1) is 6.04 Å². The molecule has 2 rings (SSSR count). The van der Waals surface area contributed by atoms with Crippen LogP contribution in [0.1, 0.15) is 33.1 Å². The first kappa shape index (κ1) is 16.7. The molecule has 21 heavy (non-hydrogen) atoms. The molecule has 0 radical (unpaired) electrons. The summed E-state index contributed by atoms with van der Waals surface area (Å²) in [6.45, 7) is 12.3. The van der Waals surface area contributed by atoms with Crippen LogP contribution < -0.4 is 5.73 Å². The van der Waals surface area contributed by atoms with Crippen LogP contribution >= 0.6 is 0 Å². The second-order valence-corrected chi connectivity index (χ2v) is 6.74. The first-order chi connectivity index (χ1) is 10.1. The summed E-state index contributed by atoms with van der Waals surface area (Å²) in [5.41, 5.74) is 5.73. The molecule has 0 aromatic carbocycles. The van der Waals surface area contributed by atoms with E-state index in [0.717, 1.165) is 58.8 Å². The monoisotopic (exact) mass is 296 g/mol. The molecule has 0 aliphatic carbocycles. The van der Waals surface area contributed by atoms with E-state index in [-0.39, 0.29) is 6.04 Å². The van der Waals surface area contributed by atoms with Gasteiger partial charge in [-0.1, -0.05) is 6.92 Å². The van der Waals surface area contributed by atoms with Crippen LogP contribution in [0.15, 0.2) is 0 Å². The van der Waals surface area contributed by atoms with Crippen molar-refractivity contribution in [2.45, 2.75) is 39.2 Å². The molecular formula is C16H32N4O. The Balaban J connectivity index is 1.82. The van der Waals surface area contributed by atoms with Crippen LogP contribution in [-0.4, -0.2) is 79.0 Å². The minimum absolute atomic E-state index is 0.0370. The number of likely N-dealkylation sites (tertiary alicyclic amines) is 1. The van der Waals surface area contributed by atoms with Gasteiger partial charge in [-0.05, 0) is 45.2 Å². The topological polar surface area (TPSA) is 52.8 Å². The van der Waals surface area contributed by atoms with Crippen molar-refractivity contribution in [3.63, 3.8) is 0 Å². The lowest BCUT2D eigenvalue weighted by molar-refractivity contribution is -0.135. The van der Waals surface area contributed by atoms with Crippen molar-refractivity contribution >= 4 is 5.91 Å². The Hall–Kier alpha value is -0.650. The lowest BCUT2D eigenvalue weighted by Crippen LogP contribution is -2.47. The van der Waals surface area contributed by atoms with Crippen molar-refractivity contribution in [2.75, 3.05) is 52.4 Å². The highest BCUT2D eigenvalue weighted by molar-refractivity contribution is 5.81. The quantitative estimate of drug-likeness (QED) is 0.807. The van der Waals surface area contributed by atoms with Gasteiger partial charge in [-0.2, -0.15) is 0 Å². The molecule has 2 unspecified atom stereocenters. The number of nitrogens with two attached hydrogens (primary N) is 1. The number of carbonyl (C=O) groups is 1. The zero-order valence-electron chi connectivity index (χ0n) is 13.8. The molecule has 0 aromatic rings. The van der Waals surface area contributed by atoms with Crippen LogP contribution in [0.4, 0.5) is 0 Å². The second kappa shape index (κ2) is 8.11. The minimum atomic E-state index is 0.0370. The summed E-state index contributed by atoms with van der Waals surface area (Å²) in [6.07, 6.45) is 3.49. The van der Waals surface area contributed by atoms with Gasteiger partial charge >= 0.3 is 0 Å². The van der Waals surface area contributed by atoms with Gasteiger partial charge in [0.25, 0.3) is 0 Å². The first-order valence-corrected chi connectivity index (χ1v) is 8.57. The van der Waals surface area contributed by atoms with Crippen molar-refractivity contribution in [2.24, 2.45) is 11.7 Å². The molecule has 2 aliphatic rings. The van der Waals surface area contributed by atoms with Gasteiger partial charge in [0, 0.05) is 39.3 Å². The molecule has 0 spiro atoms. The van der Waals surface area contributed by atoms with Crippen molar-refractivity contribution in [1.29, 1.82) is 0 Å². The fourth-order valence-electron chi connectivity index (χ4n) is 3.43. The Labute approximate surface area is 129 Å². The minimum Gasteiger partial charge on any atom is -0.341 e. The predicted octanol–water partition coefficient (Wildman–Crippen LogP) is 0.600. The molecule has 1 amide bonds. The molecule has 2 atom stereocenters. The van der Waals surface area contributed by atoms with Gasteiger partial charge in [-0.25, -0.2) is 0 Å². The third kappa shape index (κ3) is 4.66. The fourth-order valence-corrected chi connectivity index (χ4v) is 3.43. The third-order valence-electron chi connectivity index (χ3n) is 4.92. The largest absolute Gasteiger partial charge is 0.341 e. The molecule has 2 fully saturated rings. The Morgan fingerprint density at radius 3 is 2.38 bits per heavy atom. The maximum Gasteiger partial charge on any atom is 0.239 e. The molecule has 2 saturated heterocycles. The third-order valence-corrected chi connectivity index (χ3v) is 4.92. The first-order valence-electron chi connectivity index (χ1n) is 8.57. The van der Waals surface area contributed by atoms with Gasteiger partial charge in [-0.15, -0.1) is 0 Å². The summed E-state index contributed by atoms with van der Waals surface area (Å²) >= 11 is 0. The molecule has 5 nitrogen and oxygen atoms in total. The van der Waals surface area contributed by atoms with Gasteiger partial charge in [0.2, 0.25) is 5.91 Å². The average Bonchev–Trinajstić information content (AvgIpc) is 2.93. The highest BCUT2D eigenvalue weighted by Crippen LogP contribution is 2.14. The molecular weight excluding hydrogens is 264 g/mol. The van der Waals surface area contributed by atoms with Gasteiger partial charge in [0.15, 0.2) is 0 Å². The van der Waals surface area contributed by atoms with Crippen molar-refractivity contribution in [3.05, 3.63) is 0 Å². The Kier molecular flexibility index (Phi) is 6.45. The molecule has 0 aromatic heterocycles. The Bertz CT molecular complexity index is 330. The van der Waals surface area contributed by atoms with E-state index >= 15 is 0 Å². The number of carbonyl (C=O) groups excluding carboxylic acids is 1. The fraction of sp³-hybridized carbons (Fsp3) is 0.938.